The van der Waals surface area contributed by atoms with Crippen molar-refractivity contribution < 1.29 is 9.21 Å². The largest absolute Gasteiger partial charge is 0.467 e. The number of amides is 1. The second-order valence-electron chi connectivity index (χ2n) is 3.06. The molecule has 0 spiro atoms. The van der Waals surface area contributed by atoms with Gasteiger partial charge in [-0.2, -0.15) is 5.26 Å². The summed E-state index contributed by atoms with van der Waals surface area (Å²) in [6.07, 6.45) is 1.49. The summed E-state index contributed by atoms with van der Waals surface area (Å²) >= 11 is 4.84. The lowest BCUT2D eigenvalue weighted by Gasteiger charge is -2.27. The molecule has 0 bridgehead atoms. The van der Waals surface area contributed by atoms with Gasteiger partial charge in [0.2, 0.25) is 5.91 Å². The molecular formula is C9H7N3O2S. The van der Waals surface area contributed by atoms with E-state index in [1.165, 1.54) is 6.26 Å². The molecule has 1 aromatic rings. The average Bonchev–Trinajstić information content (AvgIpc) is 2.69. The minimum atomic E-state index is -0.831. The van der Waals surface area contributed by atoms with Crippen LogP contribution in [0, 0.1) is 17.2 Å². The summed E-state index contributed by atoms with van der Waals surface area (Å²) in [5, 5.41) is 14.3. The van der Waals surface area contributed by atoms with Gasteiger partial charge in [0.05, 0.1) is 12.3 Å². The molecule has 2 rings (SSSR count). The fourth-order valence-electron chi connectivity index (χ4n) is 1.44. The SMILES string of the molecule is N#CC1C(=O)NC(=S)NC1c1ccco1. The molecule has 2 heterocycles. The average molecular weight is 221 g/mol. The summed E-state index contributed by atoms with van der Waals surface area (Å²) in [6, 6.07) is 4.80. The monoisotopic (exact) mass is 221 g/mol. The third kappa shape index (κ3) is 1.69. The van der Waals surface area contributed by atoms with Crippen LogP contribution in [0.5, 0.6) is 0 Å². The highest BCUT2D eigenvalue weighted by Crippen LogP contribution is 2.24. The van der Waals surface area contributed by atoms with Crippen molar-refractivity contribution in [2.24, 2.45) is 5.92 Å². The quantitative estimate of drug-likeness (QED) is 0.674. The van der Waals surface area contributed by atoms with Gasteiger partial charge >= 0.3 is 0 Å². The third-order valence-electron chi connectivity index (χ3n) is 2.13. The Hall–Kier alpha value is -1.87. The van der Waals surface area contributed by atoms with Gasteiger partial charge in [-0.3, -0.25) is 4.79 Å². The first-order valence-corrected chi connectivity index (χ1v) is 4.67. The fraction of sp³-hybridized carbons (Fsp3) is 0.222. The molecule has 0 saturated carbocycles. The van der Waals surface area contributed by atoms with Gasteiger partial charge in [0.25, 0.3) is 0 Å². The predicted octanol–water partition coefficient (Wildman–Crippen LogP) is 0.465. The zero-order valence-electron chi connectivity index (χ0n) is 7.56. The number of furan rings is 1. The summed E-state index contributed by atoms with van der Waals surface area (Å²) in [5.74, 6) is -0.704. The van der Waals surface area contributed by atoms with E-state index < -0.39 is 17.9 Å². The number of rotatable bonds is 1. The molecule has 2 N–H and O–H groups in total. The number of hydrogen-bond acceptors (Lipinski definition) is 4. The summed E-state index contributed by atoms with van der Waals surface area (Å²) in [7, 11) is 0. The van der Waals surface area contributed by atoms with E-state index in [0.717, 1.165) is 0 Å². The number of hydrogen-bond donors (Lipinski definition) is 2. The number of nitrogens with zero attached hydrogens (tertiary/aromatic N) is 1. The molecule has 15 heavy (non-hydrogen) atoms. The second-order valence-corrected chi connectivity index (χ2v) is 3.47. The number of nitriles is 1. The molecule has 1 aliphatic rings. The van der Waals surface area contributed by atoms with Gasteiger partial charge in [0.1, 0.15) is 11.8 Å². The van der Waals surface area contributed by atoms with Crippen molar-refractivity contribution in [3.63, 3.8) is 0 Å². The Kier molecular flexibility index (Phi) is 2.39. The lowest BCUT2D eigenvalue weighted by atomic mass is 9.97. The normalized spacial score (nSPS) is 25.3. The van der Waals surface area contributed by atoms with Crippen LogP contribution in [0.2, 0.25) is 0 Å². The first-order chi connectivity index (χ1) is 7.22. The van der Waals surface area contributed by atoms with Crippen molar-refractivity contribution in [2.45, 2.75) is 6.04 Å². The Balaban J connectivity index is 2.32. The molecule has 1 fully saturated rings. The van der Waals surface area contributed by atoms with Gasteiger partial charge in [-0.05, 0) is 24.4 Å². The van der Waals surface area contributed by atoms with Crippen LogP contribution in [0.1, 0.15) is 11.8 Å². The van der Waals surface area contributed by atoms with Crippen LogP contribution in [0.25, 0.3) is 0 Å². The van der Waals surface area contributed by atoms with Gasteiger partial charge in [0, 0.05) is 0 Å². The Labute approximate surface area is 91.1 Å². The molecule has 0 aromatic carbocycles. The molecule has 1 saturated heterocycles. The lowest BCUT2D eigenvalue weighted by molar-refractivity contribution is -0.123. The molecule has 2 atom stereocenters. The first kappa shape index (κ1) is 9.68. The predicted molar refractivity (Wildman–Crippen MR) is 54.4 cm³/mol. The minimum absolute atomic E-state index is 0.216. The van der Waals surface area contributed by atoms with Crippen LogP contribution in [0.15, 0.2) is 22.8 Å². The van der Waals surface area contributed by atoms with Gasteiger partial charge in [-0.1, -0.05) is 0 Å². The van der Waals surface area contributed by atoms with Crippen molar-refractivity contribution in [1.82, 2.24) is 10.6 Å². The van der Waals surface area contributed by atoms with Crippen molar-refractivity contribution in [3.05, 3.63) is 24.2 Å². The van der Waals surface area contributed by atoms with Crippen LogP contribution in [0.3, 0.4) is 0 Å². The first-order valence-electron chi connectivity index (χ1n) is 4.27. The minimum Gasteiger partial charge on any atom is -0.467 e. The maximum absolute atomic E-state index is 11.4. The zero-order valence-corrected chi connectivity index (χ0v) is 8.38. The van der Waals surface area contributed by atoms with Crippen LogP contribution < -0.4 is 10.6 Å². The second kappa shape index (κ2) is 3.71. The van der Waals surface area contributed by atoms with E-state index in [0.29, 0.717) is 5.76 Å². The van der Waals surface area contributed by atoms with Gasteiger partial charge < -0.3 is 15.1 Å². The highest BCUT2D eigenvalue weighted by molar-refractivity contribution is 7.80. The fourth-order valence-corrected chi connectivity index (χ4v) is 1.67. The highest BCUT2D eigenvalue weighted by Gasteiger charge is 2.36. The Morgan fingerprint density at radius 1 is 1.60 bits per heavy atom. The molecule has 0 radical (unpaired) electrons. The molecule has 1 amide bonds. The standard InChI is InChI=1S/C9H7N3O2S/c10-4-5-7(6-2-1-3-14-6)11-9(15)12-8(5)13/h1-3,5,7H,(H2,11,12,13,15). The van der Waals surface area contributed by atoms with E-state index in [9.17, 15) is 4.79 Å². The van der Waals surface area contributed by atoms with Crippen molar-refractivity contribution >= 4 is 23.2 Å². The van der Waals surface area contributed by atoms with Gasteiger partial charge in [-0.15, -0.1) is 0 Å². The molecule has 1 aliphatic heterocycles. The zero-order chi connectivity index (χ0) is 10.8. The van der Waals surface area contributed by atoms with Crippen LogP contribution in [0.4, 0.5) is 0 Å². The lowest BCUT2D eigenvalue weighted by Crippen LogP contribution is -2.53. The summed E-state index contributed by atoms with van der Waals surface area (Å²) < 4.78 is 5.15. The van der Waals surface area contributed by atoms with Crippen LogP contribution in [-0.4, -0.2) is 11.0 Å². The Bertz CT molecular complexity index is 435. The third-order valence-corrected chi connectivity index (χ3v) is 2.35. The van der Waals surface area contributed by atoms with Crippen molar-refractivity contribution in [1.29, 1.82) is 5.26 Å². The topological polar surface area (TPSA) is 78.1 Å². The number of thiocarbonyl (C=S) groups is 1. The summed E-state index contributed by atoms with van der Waals surface area (Å²) in [4.78, 5) is 11.4. The molecule has 5 nitrogen and oxygen atoms in total. The van der Waals surface area contributed by atoms with Gasteiger partial charge in [0.15, 0.2) is 11.0 Å². The van der Waals surface area contributed by atoms with E-state index in [1.54, 1.807) is 12.1 Å². The van der Waals surface area contributed by atoms with E-state index in [2.05, 4.69) is 10.6 Å². The van der Waals surface area contributed by atoms with Crippen LogP contribution in [-0.2, 0) is 4.79 Å². The smallest absolute Gasteiger partial charge is 0.246 e. The Morgan fingerprint density at radius 3 is 3.00 bits per heavy atom. The van der Waals surface area contributed by atoms with E-state index in [-0.39, 0.29) is 5.11 Å². The Morgan fingerprint density at radius 2 is 2.40 bits per heavy atom. The number of nitrogens with one attached hydrogen (secondary N) is 2. The number of carbonyl (C=O) groups excluding carboxylic acids is 1. The van der Waals surface area contributed by atoms with E-state index in [1.807, 2.05) is 6.07 Å². The molecular weight excluding hydrogens is 214 g/mol. The molecule has 1 aromatic heterocycles. The maximum Gasteiger partial charge on any atom is 0.246 e. The highest BCUT2D eigenvalue weighted by atomic mass is 32.1. The number of carbonyl (C=O) groups is 1. The van der Waals surface area contributed by atoms with Crippen LogP contribution >= 0.6 is 12.2 Å². The van der Waals surface area contributed by atoms with Crippen molar-refractivity contribution in [3.8, 4) is 6.07 Å². The van der Waals surface area contributed by atoms with E-state index >= 15 is 0 Å². The van der Waals surface area contributed by atoms with E-state index in [4.69, 9.17) is 21.9 Å². The van der Waals surface area contributed by atoms with Crippen molar-refractivity contribution in [2.75, 3.05) is 0 Å². The summed E-state index contributed by atoms with van der Waals surface area (Å²) in [5.41, 5.74) is 0. The maximum atomic E-state index is 11.4. The molecule has 76 valence electrons. The summed E-state index contributed by atoms with van der Waals surface area (Å²) in [6.45, 7) is 0. The molecule has 0 aliphatic carbocycles. The molecule has 6 heteroatoms. The molecule has 2 unspecified atom stereocenters. The van der Waals surface area contributed by atoms with Gasteiger partial charge in [-0.25, -0.2) is 0 Å².